The lowest BCUT2D eigenvalue weighted by Gasteiger charge is -2.20. The predicted octanol–water partition coefficient (Wildman–Crippen LogP) is 13.3. The maximum atomic E-state index is 11.5. The van der Waals surface area contributed by atoms with Crippen molar-refractivity contribution in [3.63, 3.8) is 0 Å². The third-order valence-electron chi connectivity index (χ3n) is 8.78. The van der Waals surface area contributed by atoms with Crippen molar-refractivity contribution < 1.29 is 9.63 Å². The summed E-state index contributed by atoms with van der Waals surface area (Å²) in [7, 11) is 0. The maximum Gasteiger partial charge on any atom is 0.322 e. The summed E-state index contributed by atoms with van der Waals surface area (Å²) in [6.45, 7) is 7.92. The van der Waals surface area contributed by atoms with Crippen LogP contribution in [0.25, 0.3) is 0 Å². The molecule has 3 heteroatoms. The fourth-order valence-electron chi connectivity index (χ4n) is 6.06. The van der Waals surface area contributed by atoms with Crippen LogP contribution in [-0.4, -0.2) is 24.1 Å². The number of rotatable bonds is 35. The van der Waals surface area contributed by atoms with Gasteiger partial charge in [-0.2, -0.15) is 0 Å². The highest BCUT2D eigenvalue weighted by atomic mass is 16.7. The molecule has 0 amide bonds. The molecular weight excluding hydrogens is 502 g/mol. The first-order chi connectivity index (χ1) is 20.2. The van der Waals surface area contributed by atoms with E-state index < -0.39 is 0 Å². The second-order valence-corrected chi connectivity index (χ2v) is 13.1. The lowest BCUT2D eigenvalue weighted by molar-refractivity contribution is -0.188. The van der Waals surface area contributed by atoms with Crippen molar-refractivity contribution in [3.05, 3.63) is 0 Å². The van der Waals surface area contributed by atoms with Crippen LogP contribution in [0.5, 0.6) is 0 Å². The summed E-state index contributed by atoms with van der Waals surface area (Å²) in [5, 5.41) is 1.94. The van der Waals surface area contributed by atoms with Gasteiger partial charge in [0.1, 0.15) is 0 Å². The van der Waals surface area contributed by atoms with E-state index in [9.17, 15) is 4.79 Å². The zero-order valence-corrected chi connectivity index (χ0v) is 28.8. The van der Waals surface area contributed by atoms with Crippen molar-refractivity contribution in [2.24, 2.45) is 0 Å². The van der Waals surface area contributed by atoms with Gasteiger partial charge >= 0.3 is 5.97 Å². The Labute approximate surface area is 259 Å². The Kier molecular flexibility index (Phi) is 35.1. The van der Waals surface area contributed by atoms with E-state index in [1.54, 1.807) is 0 Å². The first kappa shape index (κ1) is 40.4. The standard InChI is InChI=1S/C38H77NO2/c1-4-6-8-10-12-14-16-18-20-22-24-26-28-30-32-34-36-39(41-38(3)40)37-35-33-31-29-27-25-23-21-19-17-15-13-11-9-7-5-2/h4-37H2,1-3H3. The summed E-state index contributed by atoms with van der Waals surface area (Å²) in [5.41, 5.74) is 0. The van der Waals surface area contributed by atoms with Crippen LogP contribution in [0.3, 0.4) is 0 Å². The van der Waals surface area contributed by atoms with E-state index in [-0.39, 0.29) is 5.97 Å². The summed E-state index contributed by atoms with van der Waals surface area (Å²) < 4.78 is 0. The van der Waals surface area contributed by atoms with Crippen molar-refractivity contribution in [1.29, 1.82) is 0 Å². The summed E-state index contributed by atoms with van der Waals surface area (Å²) >= 11 is 0. The van der Waals surface area contributed by atoms with Crippen LogP contribution in [-0.2, 0) is 9.63 Å². The predicted molar refractivity (Wildman–Crippen MR) is 182 cm³/mol. The smallest absolute Gasteiger partial charge is 0.322 e. The Morgan fingerprint density at radius 1 is 0.366 bits per heavy atom. The van der Waals surface area contributed by atoms with Crippen LogP contribution in [0.15, 0.2) is 0 Å². The minimum atomic E-state index is -0.169. The normalized spacial score (nSPS) is 11.5. The molecule has 0 radical (unpaired) electrons. The van der Waals surface area contributed by atoms with Crippen LogP contribution in [0.1, 0.15) is 226 Å². The number of nitrogens with zero attached hydrogens (tertiary/aromatic N) is 1. The highest BCUT2D eigenvalue weighted by molar-refractivity contribution is 5.65. The zero-order valence-electron chi connectivity index (χ0n) is 28.8. The fourth-order valence-corrected chi connectivity index (χ4v) is 6.06. The monoisotopic (exact) mass is 580 g/mol. The van der Waals surface area contributed by atoms with Gasteiger partial charge in [-0.05, 0) is 12.8 Å². The van der Waals surface area contributed by atoms with E-state index in [0.717, 1.165) is 25.9 Å². The van der Waals surface area contributed by atoms with Gasteiger partial charge in [0.25, 0.3) is 0 Å². The number of carbonyl (C=O) groups is 1. The van der Waals surface area contributed by atoms with Gasteiger partial charge in [0.2, 0.25) is 0 Å². The number of hydroxylamine groups is 2. The van der Waals surface area contributed by atoms with Gasteiger partial charge in [-0.25, -0.2) is 0 Å². The molecule has 0 heterocycles. The molecule has 0 saturated carbocycles. The molecule has 246 valence electrons. The van der Waals surface area contributed by atoms with Crippen molar-refractivity contribution in [2.45, 2.75) is 226 Å². The van der Waals surface area contributed by atoms with Gasteiger partial charge in [-0.3, -0.25) is 4.79 Å². The van der Waals surface area contributed by atoms with E-state index >= 15 is 0 Å². The minimum absolute atomic E-state index is 0.169. The summed E-state index contributed by atoms with van der Waals surface area (Å²) in [5.74, 6) is -0.169. The molecule has 0 rings (SSSR count). The van der Waals surface area contributed by atoms with Crippen molar-refractivity contribution in [1.82, 2.24) is 5.06 Å². The van der Waals surface area contributed by atoms with Crippen LogP contribution in [0, 0.1) is 0 Å². The molecular formula is C38H77NO2. The van der Waals surface area contributed by atoms with E-state index in [1.807, 2.05) is 5.06 Å². The molecule has 0 bridgehead atoms. The van der Waals surface area contributed by atoms with Crippen molar-refractivity contribution in [3.8, 4) is 0 Å². The molecule has 0 fully saturated rings. The molecule has 0 atom stereocenters. The lowest BCUT2D eigenvalue weighted by atomic mass is 10.0. The number of carbonyl (C=O) groups excluding carboxylic acids is 1. The third kappa shape index (κ3) is 35.5. The Balaban J connectivity index is 3.46. The van der Waals surface area contributed by atoms with E-state index in [1.165, 1.54) is 200 Å². The average molecular weight is 580 g/mol. The van der Waals surface area contributed by atoms with Gasteiger partial charge in [-0.1, -0.05) is 206 Å². The maximum absolute atomic E-state index is 11.5. The molecule has 0 aliphatic rings. The van der Waals surface area contributed by atoms with Crippen LogP contribution in [0.2, 0.25) is 0 Å². The molecule has 0 aromatic heterocycles. The van der Waals surface area contributed by atoms with Crippen LogP contribution < -0.4 is 0 Å². The van der Waals surface area contributed by atoms with Crippen LogP contribution >= 0.6 is 0 Å². The number of hydrogen-bond acceptors (Lipinski definition) is 3. The summed E-state index contributed by atoms with van der Waals surface area (Å²) in [6, 6.07) is 0. The van der Waals surface area contributed by atoms with Gasteiger partial charge < -0.3 is 4.84 Å². The molecule has 0 aliphatic heterocycles. The summed E-state index contributed by atoms with van der Waals surface area (Å²) in [6.07, 6.45) is 44.4. The second-order valence-electron chi connectivity index (χ2n) is 13.1. The van der Waals surface area contributed by atoms with Gasteiger partial charge in [0.15, 0.2) is 0 Å². The topological polar surface area (TPSA) is 29.5 Å². The molecule has 3 nitrogen and oxygen atoms in total. The Morgan fingerprint density at radius 3 is 0.756 bits per heavy atom. The fraction of sp³-hybridized carbons (Fsp3) is 0.974. The number of hydrogen-bond donors (Lipinski definition) is 0. The van der Waals surface area contributed by atoms with Gasteiger partial charge in [0, 0.05) is 20.0 Å². The highest BCUT2D eigenvalue weighted by Gasteiger charge is 2.08. The van der Waals surface area contributed by atoms with Crippen molar-refractivity contribution >= 4 is 5.97 Å². The molecule has 0 aliphatic carbocycles. The first-order valence-electron chi connectivity index (χ1n) is 19.1. The van der Waals surface area contributed by atoms with Gasteiger partial charge in [-0.15, -0.1) is 5.06 Å². The zero-order chi connectivity index (χ0) is 29.9. The van der Waals surface area contributed by atoms with E-state index in [2.05, 4.69) is 13.8 Å². The molecule has 0 spiro atoms. The molecule has 0 aromatic rings. The van der Waals surface area contributed by atoms with Crippen LogP contribution in [0.4, 0.5) is 0 Å². The summed E-state index contributed by atoms with van der Waals surface area (Å²) in [4.78, 5) is 17.0. The Morgan fingerprint density at radius 2 is 0.561 bits per heavy atom. The molecule has 0 N–H and O–H groups in total. The largest absolute Gasteiger partial charge is 0.368 e. The van der Waals surface area contributed by atoms with Gasteiger partial charge in [0.05, 0.1) is 0 Å². The molecule has 41 heavy (non-hydrogen) atoms. The minimum Gasteiger partial charge on any atom is -0.368 e. The lowest BCUT2D eigenvalue weighted by Crippen LogP contribution is -2.28. The molecule has 0 aromatic carbocycles. The molecule has 0 unspecified atom stereocenters. The number of unbranched alkanes of at least 4 members (excludes halogenated alkanes) is 30. The first-order valence-corrected chi connectivity index (χ1v) is 19.1. The highest BCUT2D eigenvalue weighted by Crippen LogP contribution is 2.16. The Bertz CT molecular complexity index is 459. The third-order valence-corrected chi connectivity index (χ3v) is 8.78. The molecule has 0 saturated heterocycles. The SMILES string of the molecule is CCCCCCCCCCCCCCCCCCN(CCCCCCCCCCCCCCCCCC)OC(C)=O. The average Bonchev–Trinajstić information content (AvgIpc) is 2.96. The Hall–Kier alpha value is -0.570. The van der Waals surface area contributed by atoms with Crippen molar-refractivity contribution in [2.75, 3.05) is 13.1 Å². The van der Waals surface area contributed by atoms with E-state index in [0.29, 0.717) is 0 Å². The second kappa shape index (κ2) is 35.6. The quantitative estimate of drug-likeness (QED) is 0.0552. The van der Waals surface area contributed by atoms with E-state index in [4.69, 9.17) is 4.84 Å².